The molecule has 0 spiro atoms. The topological polar surface area (TPSA) is 87.7 Å². The molecule has 3 rings (SSSR count). The van der Waals surface area contributed by atoms with Crippen molar-refractivity contribution in [1.29, 1.82) is 0 Å². The maximum atomic E-state index is 13.8. The van der Waals surface area contributed by atoms with Crippen molar-refractivity contribution < 1.29 is 22.3 Å². The van der Waals surface area contributed by atoms with E-state index in [0.717, 1.165) is 12.8 Å². The highest BCUT2D eigenvalue weighted by Crippen LogP contribution is 2.23. The van der Waals surface area contributed by atoms with Crippen molar-refractivity contribution >= 4 is 33.2 Å². The van der Waals surface area contributed by atoms with E-state index in [1.54, 1.807) is 30.1 Å². The van der Waals surface area contributed by atoms with Crippen LogP contribution in [0.15, 0.2) is 47.4 Å². The highest BCUT2D eigenvalue weighted by molar-refractivity contribution is 7.89. The maximum absolute atomic E-state index is 13.8. The molecule has 32 heavy (non-hydrogen) atoms. The van der Waals surface area contributed by atoms with Gasteiger partial charge in [0, 0.05) is 38.9 Å². The SMILES string of the molecule is CN(CCCNC(=O)c1ccc(Cl)c(S(=O)(=O)NCC2CCCO2)c1)c1ccccc1F. The molecule has 1 saturated heterocycles. The van der Waals surface area contributed by atoms with Crippen LogP contribution in [0.3, 0.4) is 0 Å². The highest BCUT2D eigenvalue weighted by Gasteiger charge is 2.23. The van der Waals surface area contributed by atoms with Gasteiger partial charge in [-0.2, -0.15) is 0 Å². The summed E-state index contributed by atoms with van der Waals surface area (Å²) in [6.07, 6.45) is 2.12. The van der Waals surface area contributed by atoms with Crippen LogP contribution in [-0.2, 0) is 14.8 Å². The van der Waals surface area contributed by atoms with Gasteiger partial charge in [0.1, 0.15) is 10.7 Å². The first-order valence-electron chi connectivity index (χ1n) is 10.4. The number of benzene rings is 2. The van der Waals surface area contributed by atoms with Gasteiger partial charge in [-0.15, -0.1) is 0 Å². The fourth-order valence-corrected chi connectivity index (χ4v) is 5.03. The number of para-hydroxylation sites is 1. The molecule has 2 N–H and O–H groups in total. The number of hydrogen-bond donors (Lipinski definition) is 2. The molecule has 174 valence electrons. The van der Waals surface area contributed by atoms with E-state index >= 15 is 0 Å². The predicted molar refractivity (Wildman–Crippen MR) is 122 cm³/mol. The summed E-state index contributed by atoms with van der Waals surface area (Å²) in [5.74, 6) is -0.715. The van der Waals surface area contributed by atoms with Crippen molar-refractivity contribution in [3.05, 3.63) is 58.9 Å². The summed E-state index contributed by atoms with van der Waals surface area (Å²) in [4.78, 5) is 14.1. The molecule has 0 aromatic heterocycles. The quantitative estimate of drug-likeness (QED) is 0.507. The normalized spacial score (nSPS) is 16.2. The Morgan fingerprint density at radius 2 is 2.06 bits per heavy atom. The summed E-state index contributed by atoms with van der Waals surface area (Å²) in [6.45, 7) is 1.66. The Kier molecular flexibility index (Phi) is 8.47. The van der Waals surface area contributed by atoms with Crippen molar-refractivity contribution in [3.8, 4) is 0 Å². The van der Waals surface area contributed by atoms with Crippen LogP contribution in [0.25, 0.3) is 0 Å². The minimum Gasteiger partial charge on any atom is -0.377 e. The third kappa shape index (κ3) is 6.41. The van der Waals surface area contributed by atoms with E-state index in [1.807, 2.05) is 0 Å². The van der Waals surface area contributed by atoms with Gasteiger partial charge in [0.15, 0.2) is 0 Å². The summed E-state index contributed by atoms with van der Waals surface area (Å²) in [5, 5.41) is 2.79. The number of anilines is 1. The molecule has 1 aliphatic rings. The van der Waals surface area contributed by atoms with Gasteiger partial charge in [-0.1, -0.05) is 23.7 Å². The number of carbonyl (C=O) groups is 1. The number of nitrogens with one attached hydrogen (secondary N) is 2. The lowest BCUT2D eigenvalue weighted by molar-refractivity contribution is 0.0953. The molecule has 1 unspecified atom stereocenters. The number of carbonyl (C=O) groups excluding carboxylic acids is 1. The number of rotatable bonds is 10. The summed E-state index contributed by atoms with van der Waals surface area (Å²) in [5.41, 5.74) is 0.677. The van der Waals surface area contributed by atoms with Gasteiger partial charge in [-0.3, -0.25) is 4.79 Å². The van der Waals surface area contributed by atoms with Gasteiger partial charge in [0.05, 0.1) is 16.8 Å². The number of nitrogens with zero attached hydrogens (tertiary/aromatic N) is 1. The Morgan fingerprint density at radius 3 is 2.78 bits per heavy atom. The number of halogens is 2. The summed E-state index contributed by atoms with van der Waals surface area (Å²) in [6, 6.07) is 10.6. The van der Waals surface area contributed by atoms with E-state index in [9.17, 15) is 17.6 Å². The number of amides is 1. The van der Waals surface area contributed by atoms with E-state index in [0.29, 0.717) is 31.8 Å². The fourth-order valence-electron chi connectivity index (χ4n) is 3.44. The lowest BCUT2D eigenvalue weighted by atomic mass is 10.2. The molecule has 1 aliphatic heterocycles. The van der Waals surface area contributed by atoms with Gasteiger partial charge in [-0.25, -0.2) is 17.5 Å². The molecule has 0 radical (unpaired) electrons. The molecule has 7 nitrogen and oxygen atoms in total. The maximum Gasteiger partial charge on any atom is 0.251 e. The van der Waals surface area contributed by atoms with Gasteiger partial charge in [-0.05, 0) is 49.6 Å². The van der Waals surface area contributed by atoms with Crippen LogP contribution in [0.4, 0.5) is 10.1 Å². The minimum absolute atomic E-state index is 0.0351. The van der Waals surface area contributed by atoms with Crippen LogP contribution in [0.2, 0.25) is 5.02 Å². The molecular weight excluding hydrogens is 457 g/mol. The summed E-state index contributed by atoms with van der Waals surface area (Å²) in [7, 11) is -2.11. The van der Waals surface area contributed by atoms with Crippen molar-refractivity contribution in [2.24, 2.45) is 0 Å². The molecule has 1 atom stereocenters. The van der Waals surface area contributed by atoms with Gasteiger partial charge < -0.3 is 15.0 Å². The second-order valence-electron chi connectivity index (χ2n) is 7.61. The Hall–Kier alpha value is -2.20. The largest absolute Gasteiger partial charge is 0.377 e. The standard InChI is InChI=1S/C22H27ClFN3O4S/c1-27(20-8-3-2-7-19(20)24)12-5-11-25-22(28)16-9-10-18(23)21(14-16)32(29,30)26-15-17-6-4-13-31-17/h2-3,7-10,14,17,26H,4-6,11-13,15H2,1H3,(H,25,28). The Balaban J connectivity index is 1.54. The van der Waals surface area contributed by atoms with E-state index in [1.165, 1.54) is 24.3 Å². The average molecular weight is 484 g/mol. The smallest absolute Gasteiger partial charge is 0.251 e. The van der Waals surface area contributed by atoms with Gasteiger partial charge in [0.25, 0.3) is 5.91 Å². The number of sulfonamides is 1. The molecule has 0 aliphatic carbocycles. The zero-order chi connectivity index (χ0) is 23.1. The minimum atomic E-state index is -3.89. The third-order valence-electron chi connectivity index (χ3n) is 5.23. The van der Waals surface area contributed by atoms with Crippen molar-refractivity contribution in [3.63, 3.8) is 0 Å². The molecule has 0 bridgehead atoms. The van der Waals surface area contributed by atoms with E-state index in [4.69, 9.17) is 16.3 Å². The van der Waals surface area contributed by atoms with Crippen LogP contribution in [0, 0.1) is 5.82 Å². The lowest BCUT2D eigenvalue weighted by Gasteiger charge is -2.19. The van der Waals surface area contributed by atoms with Crippen LogP contribution < -0.4 is 14.9 Å². The first-order chi connectivity index (χ1) is 15.3. The van der Waals surface area contributed by atoms with Crippen molar-refractivity contribution in [2.75, 3.05) is 38.2 Å². The Bertz CT molecular complexity index is 1050. The predicted octanol–water partition coefficient (Wildman–Crippen LogP) is 3.19. The molecule has 1 heterocycles. The molecule has 10 heteroatoms. The van der Waals surface area contributed by atoms with Crippen LogP contribution in [-0.4, -0.2) is 53.7 Å². The molecule has 1 fully saturated rings. The second-order valence-corrected chi connectivity index (χ2v) is 9.76. The highest BCUT2D eigenvalue weighted by atomic mass is 35.5. The third-order valence-corrected chi connectivity index (χ3v) is 7.13. The Morgan fingerprint density at radius 1 is 1.28 bits per heavy atom. The zero-order valence-corrected chi connectivity index (χ0v) is 19.4. The molecular formula is C22H27ClFN3O4S. The summed E-state index contributed by atoms with van der Waals surface area (Å²) < 4.78 is 47.1. The van der Waals surface area contributed by atoms with Crippen molar-refractivity contribution in [2.45, 2.75) is 30.3 Å². The first-order valence-corrected chi connectivity index (χ1v) is 12.3. The van der Waals surface area contributed by atoms with E-state index < -0.39 is 15.9 Å². The molecule has 2 aromatic rings. The van der Waals surface area contributed by atoms with Gasteiger partial charge in [0.2, 0.25) is 10.0 Å². The second kappa shape index (κ2) is 11.1. The van der Waals surface area contributed by atoms with Crippen LogP contribution >= 0.6 is 11.6 Å². The Labute approximate surface area is 192 Å². The first kappa shape index (κ1) is 24.4. The molecule has 0 saturated carbocycles. The van der Waals surface area contributed by atoms with Gasteiger partial charge >= 0.3 is 0 Å². The number of ether oxygens (including phenoxy) is 1. The van der Waals surface area contributed by atoms with E-state index in [2.05, 4.69) is 10.0 Å². The van der Waals surface area contributed by atoms with E-state index in [-0.39, 0.29) is 33.9 Å². The zero-order valence-electron chi connectivity index (χ0n) is 17.8. The summed E-state index contributed by atoms with van der Waals surface area (Å²) >= 11 is 6.10. The monoisotopic (exact) mass is 483 g/mol. The fraction of sp³-hybridized carbons (Fsp3) is 0.409. The van der Waals surface area contributed by atoms with Crippen LogP contribution in [0.1, 0.15) is 29.6 Å². The van der Waals surface area contributed by atoms with Crippen molar-refractivity contribution in [1.82, 2.24) is 10.0 Å². The van der Waals surface area contributed by atoms with Crippen LogP contribution in [0.5, 0.6) is 0 Å². The molecule has 1 amide bonds. The molecule has 2 aromatic carbocycles. The number of hydrogen-bond acceptors (Lipinski definition) is 5. The lowest BCUT2D eigenvalue weighted by Crippen LogP contribution is -2.32. The average Bonchev–Trinajstić information content (AvgIpc) is 3.29.